The average Bonchev–Trinajstić information content (AvgIpc) is 2.78. The lowest BCUT2D eigenvalue weighted by molar-refractivity contribution is -0.136. The molecule has 1 aliphatic heterocycles. The summed E-state index contributed by atoms with van der Waals surface area (Å²) in [6.07, 6.45) is 3.79. The zero-order valence-corrected chi connectivity index (χ0v) is 15.0. The van der Waals surface area contributed by atoms with Crippen molar-refractivity contribution >= 4 is 30.3 Å². The minimum Gasteiger partial charge on any atom is -0.348 e. The van der Waals surface area contributed by atoms with Crippen LogP contribution in [0.2, 0.25) is 0 Å². The van der Waals surface area contributed by atoms with Gasteiger partial charge in [0.1, 0.15) is 12.1 Å². The third kappa shape index (κ3) is 4.78. The second kappa shape index (κ2) is 8.27. The number of nitrogens with two attached hydrogens (primary N) is 1. The van der Waals surface area contributed by atoms with Gasteiger partial charge < -0.3 is 16.4 Å². The zero-order valence-electron chi connectivity index (χ0n) is 14.1. The van der Waals surface area contributed by atoms with Gasteiger partial charge in [0.05, 0.1) is 13.1 Å². The SMILES string of the molecule is CCC1CCC2(CC1)NC(=O)N(CC(=O)NCC(F)(F)CN)C2=O.Cl. The summed E-state index contributed by atoms with van der Waals surface area (Å²) in [4.78, 5) is 37.2. The van der Waals surface area contributed by atoms with Gasteiger partial charge in [0.15, 0.2) is 0 Å². The molecule has 0 aromatic heterocycles. The highest BCUT2D eigenvalue weighted by molar-refractivity contribution is 6.09. The fourth-order valence-electron chi connectivity index (χ4n) is 3.24. The molecule has 0 unspecified atom stereocenters. The Hall–Kier alpha value is -1.48. The topological polar surface area (TPSA) is 105 Å². The van der Waals surface area contributed by atoms with Crippen LogP contribution in [0, 0.1) is 5.92 Å². The number of hydrogen-bond donors (Lipinski definition) is 3. The number of alkyl halides is 2. The molecule has 1 heterocycles. The van der Waals surface area contributed by atoms with Gasteiger partial charge in [-0.05, 0) is 31.6 Å². The van der Waals surface area contributed by atoms with E-state index in [1.807, 2.05) is 5.32 Å². The molecule has 0 aromatic carbocycles. The van der Waals surface area contributed by atoms with Gasteiger partial charge in [-0.2, -0.15) is 0 Å². The molecule has 1 saturated carbocycles. The lowest BCUT2D eigenvalue weighted by Crippen LogP contribution is -2.50. The third-order valence-corrected chi connectivity index (χ3v) is 4.93. The van der Waals surface area contributed by atoms with Crippen LogP contribution < -0.4 is 16.4 Å². The minimum absolute atomic E-state index is 0. The number of urea groups is 1. The maximum atomic E-state index is 13.0. The van der Waals surface area contributed by atoms with E-state index in [-0.39, 0.29) is 12.4 Å². The molecule has 1 saturated heterocycles. The number of carbonyl (C=O) groups excluding carboxylic acids is 3. The van der Waals surface area contributed by atoms with Crippen molar-refractivity contribution in [3.63, 3.8) is 0 Å². The van der Waals surface area contributed by atoms with Gasteiger partial charge in [-0.15, -0.1) is 12.4 Å². The molecule has 25 heavy (non-hydrogen) atoms. The molecular weight excluding hydrogens is 358 g/mol. The summed E-state index contributed by atoms with van der Waals surface area (Å²) in [7, 11) is 0. The van der Waals surface area contributed by atoms with Crippen molar-refractivity contribution in [3.05, 3.63) is 0 Å². The standard InChI is InChI=1S/C15H24F2N4O3.ClH/c1-2-10-3-5-14(6-4-10)12(23)21(13(24)20-14)7-11(22)19-9-15(16,17)8-18;/h10H,2-9,18H2,1H3,(H,19,22)(H,20,24);1H. The Balaban J connectivity index is 0.00000312. The molecule has 0 radical (unpaired) electrons. The van der Waals surface area contributed by atoms with Gasteiger partial charge in [-0.1, -0.05) is 13.3 Å². The first-order valence-corrected chi connectivity index (χ1v) is 8.22. The number of carbonyl (C=O) groups is 3. The van der Waals surface area contributed by atoms with Crippen molar-refractivity contribution < 1.29 is 23.2 Å². The lowest BCUT2D eigenvalue weighted by atomic mass is 9.75. The van der Waals surface area contributed by atoms with Crippen molar-refractivity contribution in [3.8, 4) is 0 Å². The second-order valence-corrected chi connectivity index (χ2v) is 6.59. The Bertz CT molecular complexity index is 525. The Morgan fingerprint density at radius 1 is 1.40 bits per heavy atom. The molecule has 144 valence electrons. The summed E-state index contributed by atoms with van der Waals surface area (Å²) >= 11 is 0. The third-order valence-electron chi connectivity index (χ3n) is 4.93. The van der Waals surface area contributed by atoms with Crippen LogP contribution in [0.5, 0.6) is 0 Å². The normalized spacial score (nSPS) is 26.4. The molecule has 2 aliphatic rings. The summed E-state index contributed by atoms with van der Waals surface area (Å²) in [6, 6.07) is -0.643. The van der Waals surface area contributed by atoms with E-state index in [0.717, 1.165) is 24.2 Å². The van der Waals surface area contributed by atoms with E-state index >= 15 is 0 Å². The summed E-state index contributed by atoms with van der Waals surface area (Å²) in [5.74, 6) is -3.93. The van der Waals surface area contributed by atoms with Crippen LogP contribution in [-0.4, -0.2) is 53.8 Å². The van der Waals surface area contributed by atoms with E-state index in [1.54, 1.807) is 0 Å². The molecule has 10 heteroatoms. The summed E-state index contributed by atoms with van der Waals surface area (Å²) in [5, 5.41) is 4.70. The molecule has 0 aromatic rings. The van der Waals surface area contributed by atoms with Crippen LogP contribution in [0.1, 0.15) is 39.0 Å². The summed E-state index contributed by atoms with van der Waals surface area (Å²) in [5.41, 5.74) is 3.95. The van der Waals surface area contributed by atoms with E-state index in [1.165, 1.54) is 0 Å². The molecule has 0 bridgehead atoms. The van der Waals surface area contributed by atoms with Crippen LogP contribution in [0.15, 0.2) is 0 Å². The van der Waals surface area contributed by atoms with Crippen molar-refractivity contribution in [1.29, 1.82) is 0 Å². The molecule has 4 amide bonds. The lowest BCUT2D eigenvalue weighted by Gasteiger charge is -2.34. The number of amides is 4. The Labute approximate surface area is 151 Å². The highest BCUT2D eigenvalue weighted by atomic mass is 35.5. The van der Waals surface area contributed by atoms with Crippen LogP contribution in [0.25, 0.3) is 0 Å². The van der Waals surface area contributed by atoms with E-state index in [0.29, 0.717) is 18.8 Å². The number of nitrogens with zero attached hydrogens (tertiary/aromatic N) is 1. The molecule has 2 fully saturated rings. The first-order chi connectivity index (χ1) is 11.2. The number of imide groups is 1. The molecule has 4 N–H and O–H groups in total. The van der Waals surface area contributed by atoms with Gasteiger partial charge in [-0.25, -0.2) is 13.6 Å². The number of halogens is 3. The van der Waals surface area contributed by atoms with Crippen LogP contribution in [0.3, 0.4) is 0 Å². The van der Waals surface area contributed by atoms with Crippen molar-refractivity contribution in [2.75, 3.05) is 19.6 Å². The van der Waals surface area contributed by atoms with E-state index < -0.39 is 48.9 Å². The highest BCUT2D eigenvalue weighted by Gasteiger charge is 2.52. The first kappa shape index (κ1) is 21.6. The molecule has 1 spiro atoms. The predicted octanol–water partition coefficient (Wildman–Crippen LogP) is 1.01. The van der Waals surface area contributed by atoms with Crippen LogP contribution >= 0.6 is 12.4 Å². The quantitative estimate of drug-likeness (QED) is 0.596. The van der Waals surface area contributed by atoms with Crippen molar-refractivity contribution in [2.45, 2.75) is 50.5 Å². The van der Waals surface area contributed by atoms with E-state index in [9.17, 15) is 23.2 Å². The van der Waals surface area contributed by atoms with Crippen molar-refractivity contribution in [2.24, 2.45) is 11.7 Å². The van der Waals surface area contributed by atoms with E-state index in [2.05, 4.69) is 12.2 Å². The smallest absolute Gasteiger partial charge is 0.325 e. The molecule has 7 nitrogen and oxygen atoms in total. The summed E-state index contributed by atoms with van der Waals surface area (Å²) in [6.45, 7) is -0.289. The average molecular weight is 383 g/mol. The fraction of sp³-hybridized carbons (Fsp3) is 0.800. The largest absolute Gasteiger partial charge is 0.348 e. The fourth-order valence-corrected chi connectivity index (χ4v) is 3.24. The highest BCUT2D eigenvalue weighted by Crippen LogP contribution is 2.37. The van der Waals surface area contributed by atoms with E-state index in [4.69, 9.17) is 5.73 Å². The van der Waals surface area contributed by atoms with Gasteiger partial charge in [-0.3, -0.25) is 14.5 Å². The van der Waals surface area contributed by atoms with Gasteiger partial charge in [0, 0.05) is 0 Å². The number of rotatable bonds is 6. The van der Waals surface area contributed by atoms with Gasteiger partial charge >= 0.3 is 6.03 Å². The monoisotopic (exact) mass is 382 g/mol. The summed E-state index contributed by atoms with van der Waals surface area (Å²) < 4.78 is 26.1. The Morgan fingerprint density at radius 2 is 2.00 bits per heavy atom. The maximum Gasteiger partial charge on any atom is 0.325 e. The van der Waals surface area contributed by atoms with Gasteiger partial charge in [0.25, 0.3) is 11.8 Å². The first-order valence-electron chi connectivity index (χ1n) is 8.22. The molecule has 2 rings (SSSR count). The maximum absolute atomic E-state index is 13.0. The number of hydrogen-bond acceptors (Lipinski definition) is 4. The van der Waals surface area contributed by atoms with Gasteiger partial charge in [0.2, 0.25) is 5.91 Å². The second-order valence-electron chi connectivity index (χ2n) is 6.59. The molecule has 1 aliphatic carbocycles. The van der Waals surface area contributed by atoms with Crippen LogP contribution in [0.4, 0.5) is 13.6 Å². The molecular formula is C15H25ClF2N4O3. The Kier molecular flexibility index (Phi) is 7.13. The Morgan fingerprint density at radius 3 is 2.52 bits per heavy atom. The van der Waals surface area contributed by atoms with Crippen LogP contribution in [-0.2, 0) is 9.59 Å². The van der Waals surface area contributed by atoms with Crippen molar-refractivity contribution in [1.82, 2.24) is 15.5 Å². The zero-order chi connectivity index (χ0) is 18.0. The number of nitrogens with one attached hydrogen (secondary N) is 2. The minimum atomic E-state index is -3.22. The predicted molar refractivity (Wildman–Crippen MR) is 89.5 cm³/mol. The molecule has 0 atom stereocenters.